The summed E-state index contributed by atoms with van der Waals surface area (Å²) in [5.41, 5.74) is 4.96. The van der Waals surface area contributed by atoms with Gasteiger partial charge in [0.2, 0.25) is 5.91 Å². The number of pyridine rings is 1. The van der Waals surface area contributed by atoms with Gasteiger partial charge in [-0.15, -0.1) is 11.3 Å². The molecule has 4 aromatic rings. The Labute approximate surface area is 194 Å². The number of amides is 2. The highest BCUT2D eigenvalue weighted by atomic mass is 32.1. The molecule has 1 aliphatic rings. The molecule has 0 saturated heterocycles. The summed E-state index contributed by atoms with van der Waals surface area (Å²) in [7, 11) is 0. The first-order chi connectivity index (χ1) is 16.0. The maximum absolute atomic E-state index is 13.1. The second-order valence-electron chi connectivity index (χ2n) is 8.11. The van der Waals surface area contributed by atoms with Crippen molar-refractivity contribution in [1.29, 1.82) is 0 Å². The largest absolute Gasteiger partial charge is 0.326 e. The molecular formula is C24H22N6O2S. The zero-order valence-corrected chi connectivity index (χ0v) is 19.0. The van der Waals surface area contributed by atoms with Crippen molar-refractivity contribution in [3.63, 3.8) is 0 Å². The van der Waals surface area contributed by atoms with E-state index in [0.29, 0.717) is 29.4 Å². The molecular weight excluding hydrogens is 436 g/mol. The number of hydrogen-bond acceptors (Lipinski definition) is 6. The topological polar surface area (TPSA) is 102 Å². The molecule has 2 amide bonds. The predicted octanol–water partition coefficient (Wildman–Crippen LogP) is 4.65. The molecule has 8 nitrogen and oxygen atoms in total. The molecule has 33 heavy (non-hydrogen) atoms. The van der Waals surface area contributed by atoms with Crippen LogP contribution in [0.25, 0.3) is 17.1 Å². The Balaban J connectivity index is 1.38. The maximum atomic E-state index is 13.1. The normalized spacial score (nSPS) is 13.0. The molecule has 0 spiro atoms. The third kappa shape index (κ3) is 4.14. The maximum Gasteiger partial charge on any atom is 0.260 e. The fourth-order valence-electron chi connectivity index (χ4n) is 3.92. The molecule has 3 aromatic heterocycles. The summed E-state index contributed by atoms with van der Waals surface area (Å²) < 4.78 is 1.71. The van der Waals surface area contributed by atoms with Crippen LogP contribution in [0.2, 0.25) is 0 Å². The van der Waals surface area contributed by atoms with Crippen molar-refractivity contribution in [3.05, 3.63) is 71.0 Å². The Kier molecular flexibility index (Phi) is 5.47. The quantitative estimate of drug-likeness (QED) is 0.453. The van der Waals surface area contributed by atoms with Gasteiger partial charge in [-0.25, -0.2) is 14.6 Å². The summed E-state index contributed by atoms with van der Waals surface area (Å²) in [5, 5.41) is 12.7. The average molecular weight is 459 g/mol. The Morgan fingerprint density at radius 3 is 2.88 bits per heavy atom. The van der Waals surface area contributed by atoms with Crippen LogP contribution in [0.1, 0.15) is 47.8 Å². The van der Waals surface area contributed by atoms with Crippen LogP contribution in [-0.4, -0.2) is 31.6 Å². The van der Waals surface area contributed by atoms with Gasteiger partial charge in [0.25, 0.3) is 5.91 Å². The zero-order chi connectivity index (χ0) is 22.9. The van der Waals surface area contributed by atoms with E-state index in [1.165, 1.54) is 11.3 Å². The lowest BCUT2D eigenvalue weighted by Gasteiger charge is -2.17. The molecule has 0 radical (unpaired) electrons. The number of aryl methyl sites for hydroxylation is 1. The smallest absolute Gasteiger partial charge is 0.260 e. The van der Waals surface area contributed by atoms with Gasteiger partial charge in [0.1, 0.15) is 0 Å². The van der Waals surface area contributed by atoms with E-state index in [2.05, 4.69) is 25.7 Å². The Hall–Kier alpha value is -3.85. The van der Waals surface area contributed by atoms with Crippen LogP contribution in [0.15, 0.2) is 54.2 Å². The van der Waals surface area contributed by atoms with E-state index in [1.807, 2.05) is 55.6 Å². The third-order valence-electron chi connectivity index (χ3n) is 5.49. The minimum absolute atomic E-state index is 0.0426. The molecule has 0 unspecified atom stereocenters. The van der Waals surface area contributed by atoms with Gasteiger partial charge < -0.3 is 5.32 Å². The lowest BCUT2D eigenvalue weighted by molar-refractivity contribution is -0.116. The van der Waals surface area contributed by atoms with Gasteiger partial charge in [-0.3, -0.25) is 14.9 Å². The van der Waals surface area contributed by atoms with E-state index in [4.69, 9.17) is 0 Å². The molecule has 0 bridgehead atoms. The lowest BCUT2D eigenvalue weighted by Crippen LogP contribution is -2.18. The Morgan fingerprint density at radius 2 is 2.09 bits per heavy atom. The van der Waals surface area contributed by atoms with Crippen molar-refractivity contribution in [2.24, 2.45) is 0 Å². The van der Waals surface area contributed by atoms with Crippen molar-refractivity contribution >= 4 is 34.0 Å². The van der Waals surface area contributed by atoms with Crippen molar-refractivity contribution in [2.45, 2.75) is 32.6 Å². The number of aromatic nitrogens is 4. The number of nitrogens with one attached hydrogen (secondary N) is 2. The second kappa shape index (κ2) is 8.59. The standard InChI is InChI=1S/C24H22N6O2S/c1-14(2)22-17(12-26-30(22)20-5-3-4-10-25-20)23(32)29-24-28-19(13-33-24)16-6-8-18-15(11-16)7-9-21(31)27-18/h3-6,8,10-14H,7,9H2,1-2H3,(H,27,31)(H,28,29,32). The molecule has 4 heterocycles. The van der Waals surface area contributed by atoms with Gasteiger partial charge in [-0.2, -0.15) is 5.10 Å². The van der Waals surface area contributed by atoms with Gasteiger partial charge in [-0.05, 0) is 42.2 Å². The predicted molar refractivity (Wildman–Crippen MR) is 128 cm³/mol. The number of carbonyl (C=O) groups excluding carboxylic acids is 2. The number of thiazole rings is 1. The van der Waals surface area contributed by atoms with E-state index < -0.39 is 0 Å². The summed E-state index contributed by atoms with van der Waals surface area (Å²) >= 11 is 1.37. The van der Waals surface area contributed by atoms with Gasteiger partial charge >= 0.3 is 0 Å². The SMILES string of the molecule is CC(C)c1c(C(=O)Nc2nc(-c3ccc4c(c3)CCC(=O)N4)cs2)cnn1-c1ccccn1. The van der Waals surface area contributed by atoms with Gasteiger partial charge in [0.05, 0.1) is 23.1 Å². The highest BCUT2D eigenvalue weighted by molar-refractivity contribution is 7.14. The number of rotatable bonds is 5. The first-order valence-corrected chi connectivity index (χ1v) is 11.6. The van der Waals surface area contributed by atoms with Crippen molar-refractivity contribution in [1.82, 2.24) is 19.7 Å². The number of anilines is 2. The van der Waals surface area contributed by atoms with E-state index in [1.54, 1.807) is 17.1 Å². The summed E-state index contributed by atoms with van der Waals surface area (Å²) in [6.45, 7) is 4.04. The zero-order valence-electron chi connectivity index (χ0n) is 18.2. The van der Waals surface area contributed by atoms with Crippen LogP contribution in [0.4, 0.5) is 10.8 Å². The number of carbonyl (C=O) groups is 2. The number of fused-ring (bicyclic) bond motifs is 1. The minimum atomic E-state index is -0.255. The van der Waals surface area contributed by atoms with Crippen LogP contribution >= 0.6 is 11.3 Å². The van der Waals surface area contributed by atoms with E-state index in [0.717, 1.165) is 28.2 Å². The minimum Gasteiger partial charge on any atom is -0.326 e. The third-order valence-corrected chi connectivity index (χ3v) is 6.24. The number of nitrogens with zero attached hydrogens (tertiary/aromatic N) is 4. The molecule has 0 atom stereocenters. The van der Waals surface area contributed by atoms with Crippen LogP contribution < -0.4 is 10.6 Å². The number of hydrogen-bond donors (Lipinski definition) is 2. The van der Waals surface area contributed by atoms with Crippen LogP contribution in [0.5, 0.6) is 0 Å². The van der Waals surface area contributed by atoms with Crippen molar-refractivity contribution in [3.8, 4) is 17.1 Å². The van der Waals surface area contributed by atoms with Gasteiger partial charge in [0, 0.05) is 29.2 Å². The average Bonchev–Trinajstić information content (AvgIpc) is 3.47. The molecule has 1 aromatic carbocycles. The molecule has 0 aliphatic carbocycles. The molecule has 2 N–H and O–H groups in total. The number of benzene rings is 1. The molecule has 0 fully saturated rings. The summed E-state index contributed by atoms with van der Waals surface area (Å²) in [6, 6.07) is 11.5. The Bertz CT molecular complexity index is 1340. The monoisotopic (exact) mass is 458 g/mol. The molecule has 9 heteroatoms. The van der Waals surface area contributed by atoms with Crippen molar-refractivity contribution in [2.75, 3.05) is 10.6 Å². The molecule has 0 saturated carbocycles. The highest BCUT2D eigenvalue weighted by Crippen LogP contribution is 2.31. The Morgan fingerprint density at radius 1 is 1.21 bits per heavy atom. The fraction of sp³-hybridized carbons (Fsp3) is 0.208. The van der Waals surface area contributed by atoms with Crippen LogP contribution in [0, 0.1) is 0 Å². The fourth-order valence-corrected chi connectivity index (χ4v) is 4.64. The van der Waals surface area contributed by atoms with E-state index >= 15 is 0 Å². The van der Waals surface area contributed by atoms with Gasteiger partial charge in [-0.1, -0.05) is 26.0 Å². The summed E-state index contributed by atoms with van der Waals surface area (Å²) in [5.74, 6) is 0.523. The van der Waals surface area contributed by atoms with E-state index in [9.17, 15) is 9.59 Å². The lowest BCUT2D eigenvalue weighted by atomic mass is 9.99. The van der Waals surface area contributed by atoms with Crippen LogP contribution in [-0.2, 0) is 11.2 Å². The van der Waals surface area contributed by atoms with Crippen LogP contribution in [0.3, 0.4) is 0 Å². The van der Waals surface area contributed by atoms with E-state index in [-0.39, 0.29) is 17.7 Å². The molecule has 166 valence electrons. The second-order valence-corrected chi connectivity index (χ2v) is 8.97. The first-order valence-electron chi connectivity index (χ1n) is 10.7. The van der Waals surface area contributed by atoms with Crippen molar-refractivity contribution < 1.29 is 9.59 Å². The summed E-state index contributed by atoms with van der Waals surface area (Å²) in [6.07, 6.45) is 4.47. The summed E-state index contributed by atoms with van der Waals surface area (Å²) in [4.78, 5) is 33.6. The highest BCUT2D eigenvalue weighted by Gasteiger charge is 2.22. The first kappa shape index (κ1) is 21.0. The molecule has 5 rings (SSSR count). The van der Waals surface area contributed by atoms with Gasteiger partial charge in [0.15, 0.2) is 10.9 Å². The molecule has 1 aliphatic heterocycles.